The zero-order chi connectivity index (χ0) is 29.1. The zero-order valence-electron chi connectivity index (χ0n) is 21.8. The van der Waals surface area contributed by atoms with E-state index in [1.807, 2.05) is 52.9 Å². The van der Waals surface area contributed by atoms with Crippen molar-refractivity contribution in [2.45, 2.75) is 29.3 Å². The monoisotopic (exact) mass is 704 g/mol. The van der Waals surface area contributed by atoms with E-state index >= 15 is 0 Å². The Labute approximate surface area is 255 Å². The first-order valence-corrected chi connectivity index (χ1v) is 16.1. The molecule has 2 unspecified atom stereocenters. The van der Waals surface area contributed by atoms with Crippen molar-refractivity contribution in [3.63, 3.8) is 0 Å². The van der Waals surface area contributed by atoms with E-state index in [1.165, 1.54) is 24.9 Å². The maximum atomic E-state index is 13.8. The minimum Gasteiger partial charge on any atom is -0.497 e. The number of hydrogen-bond acceptors (Lipinski definition) is 8. The van der Waals surface area contributed by atoms with E-state index in [0.29, 0.717) is 14.9 Å². The summed E-state index contributed by atoms with van der Waals surface area (Å²) in [5.74, 6) is -1.29. The van der Waals surface area contributed by atoms with Gasteiger partial charge in [0.15, 0.2) is 0 Å². The number of fused-ring (bicyclic) bond motifs is 1. The van der Waals surface area contributed by atoms with Gasteiger partial charge < -0.3 is 14.8 Å². The topological polar surface area (TPSA) is 119 Å². The normalized spacial score (nSPS) is 18.3. The molecule has 0 radical (unpaired) electrons. The lowest BCUT2D eigenvalue weighted by molar-refractivity contribution is -0.153. The number of nitrogens with one attached hydrogen (secondary N) is 1. The maximum Gasteiger partial charge on any atom is 0.356 e. The highest BCUT2D eigenvalue weighted by atomic mass is 127. The summed E-state index contributed by atoms with van der Waals surface area (Å²) in [4.78, 5) is 40.6. The van der Waals surface area contributed by atoms with Crippen molar-refractivity contribution in [3.05, 3.63) is 104 Å². The van der Waals surface area contributed by atoms with Gasteiger partial charge in [-0.1, -0.05) is 54.6 Å². The molecule has 1 N–H and O–H groups in total. The molecular formula is C29H25IN2O7S2. The van der Waals surface area contributed by atoms with E-state index in [1.54, 1.807) is 42.5 Å². The average molecular weight is 705 g/mol. The van der Waals surface area contributed by atoms with Crippen molar-refractivity contribution >= 4 is 62.0 Å². The quantitative estimate of drug-likeness (QED) is 0.204. The molecule has 2 heterocycles. The summed E-state index contributed by atoms with van der Waals surface area (Å²) in [5, 5.41) is 2.09. The SMILES string of the molecule is COc1ccc(COC(=O)C2=C(S(=O)(=O)c3ccccc3I)CSC3C(NC(=O)Cc4ccccc4)C(=O)N23)cc1. The summed E-state index contributed by atoms with van der Waals surface area (Å²) < 4.78 is 38.8. The predicted octanol–water partition coefficient (Wildman–Crippen LogP) is 3.67. The highest BCUT2D eigenvalue weighted by Gasteiger charge is 2.56. The molecule has 0 aliphatic carbocycles. The number of thioether (sulfide) groups is 1. The van der Waals surface area contributed by atoms with Gasteiger partial charge in [-0.2, -0.15) is 0 Å². The van der Waals surface area contributed by atoms with Crippen LogP contribution in [0.1, 0.15) is 11.1 Å². The molecule has 0 spiro atoms. The van der Waals surface area contributed by atoms with Gasteiger partial charge in [0.2, 0.25) is 15.7 Å². The Morgan fingerprint density at radius 1 is 1.00 bits per heavy atom. The molecule has 1 saturated heterocycles. The van der Waals surface area contributed by atoms with Gasteiger partial charge in [0.25, 0.3) is 5.91 Å². The summed E-state index contributed by atoms with van der Waals surface area (Å²) in [6.45, 7) is -0.139. The molecule has 1 fully saturated rings. The van der Waals surface area contributed by atoms with Gasteiger partial charge in [-0.25, -0.2) is 13.2 Å². The molecule has 41 heavy (non-hydrogen) atoms. The summed E-state index contributed by atoms with van der Waals surface area (Å²) in [6.07, 6.45) is 0.0840. The van der Waals surface area contributed by atoms with Crippen LogP contribution in [-0.4, -0.2) is 55.4 Å². The van der Waals surface area contributed by atoms with E-state index in [9.17, 15) is 22.8 Å². The molecule has 9 nitrogen and oxygen atoms in total. The zero-order valence-corrected chi connectivity index (χ0v) is 25.6. The van der Waals surface area contributed by atoms with Gasteiger partial charge in [0.05, 0.1) is 23.3 Å². The molecular weight excluding hydrogens is 679 g/mol. The number of amides is 2. The lowest BCUT2D eigenvalue weighted by atomic mass is 10.0. The number of methoxy groups -OCH3 is 1. The van der Waals surface area contributed by atoms with Gasteiger partial charge in [-0.05, 0) is 58.0 Å². The first-order valence-electron chi connectivity index (χ1n) is 12.5. The molecule has 2 aliphatic heterocycles. The number of benzene rings is 3. The van der Waals surface area contributed by atoms with Gasteiger partial charge in [-0.3, -0.25) is 14.5 Å². The van der Waals surface area contributed by atoms with Crippen molar-refractivity contribution < 1.29 is 32.3 Å². The van der Waals surface area contributed by atoms with E-state index in [2.05, 4.69) is 5.32 Å². The van der Waals surface area contributed by atoms with Crippen LogP contribution in [0.4, 0.5) is 0 Å². The highest BCUT2D eigenvalue weighted by Crippen LogP contribution is 2.44. The van der Waals surface area contributed by atoms with Gasteiger partial charge >= 0.3 is 5.97 Å². The van der Waals surface area contributed by atoms with Crippen LogP contribution in [-0.2, 0) is 42.0 Å². The van der Waals surface area contributed by atoms with Crippen LogP contribution in [0.2, 0.25) is 0 Å². The van der Waals surface area contributed by atoms with Crippen LogP contribution in [0.25, 0.3) is 0 Å². The fourth-order valence-electron chi connectivity index (χ4n) is 4.53. The van der Waals surface area contributed by atoms with Crippen LogP contribution in [0, 0.1) is 3.57 Å². The fraction of sp³-hybridized carbons (Fsp3) is 0.207. The first-order chi connectivity index (χ1) is 19.7. The first kappa shape index (κ1) is 29.1. The second kappa shape index (κ2) is 12.2. The third-order valence-corrected chi connectivity index (χ3v) is 11.3. The third kappa shape index (κ3) is 5.99. The molecule has 2 aliphatic rings. The number of esters is 1. The Balaban J connectivity index is 1.43. The molecule has 3 aromatic rings. The number of ether oxygens (including phenoxy) is 2. The molecule has 3 aromatic carbocycles. The Hall–Kier alpha value is -3.36. The van der Waals surface area contributed by atoms with Crippen molar-refractivity contribution in [1.82, 2.24) is 10.2 Å². The van der Waals surface area contributed by atoms with E-state index in [0.717, 1.165) is 10.5 Å². The summed E-state index contributed by atoms with van der Waals surface area (Å²) in [6, 6.07) is 21.5. The Bertz CT molecular complexity index is 1630. The van der Waals surface area contributed by atoms with E-state index in [-0.39, 0.29) is 40.2 Å². The van der Waals surface area contributed by atoms with Gasteiger partial charge in [0, 0.05) is 9.32 Å². The smallest absolute Gasteiger partial charge is 0.356 e. The van der Waals surface area contributed by atoms with Crippen molar-refractivity contribution in [3.8, 4) is 5.75 Å². The molecule has 0 aromatic heterocycles. The lowest BCUT2D eigenvalue weighted by Crippen LogP contribution is -2.70. The predicted molar refractivity (Wildman–Crippen MR) is 161 cm³/mol. The van der Waals surface area contributed by atoms with Crippen LogP contribution in [0.3, 0.4) is 0 Å². The minimum atomic E-state index is -4.15. The molecule has 2 amide bonds. The second-order valence-corrected chi connectivity index (χ2v) is 13.5. The summed E-state index contributed by atoms with van der Waals surface area (Å²) in [7, 11) is -2.62. The number of carbonyl (C=O) groups is 3. The number of nitrogens with zero attached hydrogens (tertiary/aromatic N) is 1. The molecule has 12 heteroatoms. The maximum absolute atomic E-state index is 13.8. The number of rotatable bonds is 9. The summed E-state index contributed by atoms with van der Waals surface area (Å²) in [5.41, 5.74) is 1.13. The standard InChI is InChI=1S/C29H25IN2O7S2/c1-38-20-13-11-19(12-14-20)16-39-29(35)26-23(41(36,37)22-10-6-5-9-21(22)30)17-40-28-25(27(34)32(26)28)31-24(33)15-18-7-3-2-4-8-18/h2-14,25,28H,15-17H2,1H3,(H,31,33). The van der Waals surface area contributed by atoms with E-state index < -0.39 is 33.1 Å². The fourth-order valence-corrected chi connectivity index (χ4v) is 9.09. The number of hydrogen-bond donors (Lipinski definition) is 1. The minimum absolute atomic E-state index is 0.0378. The van der Waals surface area contributed by atoms with Crippen molar-refractivity contribution in [2.75, 3.05) is 12.9 Å². The largest absolute Gasteiger partial charge is 0.497 e. The number of halogens is 1. The van der Waals surface area contributed by atoms with E-state index in [4.69, 9.17) is 9.47 Å². The number of sulfone groups is 1. The van der Waals surface area contributed by atoms with Gasteiger partial charge in [0.1, 0.15) is 29.5 Å². The van der Waals surface area contributed by atoms with Crippen LogP contribution >= 0.6 is 34.4 Å². The molecule has 0 saturated carbocycles. The second-order valence-electron chi connectivity index (χ2n) is 9.25. The Kier molecular flexibility index (Phi) is 8.71. The van der Waals surface area contributed by atoms with Crippen molar-refractivity contribution in [1.29, 1.82) is 0 Å². The third-order valence-electron chi connectivity index (χ3n) is 6.63. The van der Waals surface area contributed by atoms with Gasteiger partial charge in [-0.15, -0.1) is 11.8 Å². The molecule has 5 rings (SSSR count). The molecule has 0 bridgehead atoms. The van der Waals surface area contributed by atoms with Crippen molar-refractivity contribution in [2.24, 2.45) is 0 Å². The molecule has 2 atom stereocenters. The Morgan fingerprint density at radius 3 is 2.37 bits per heavy atom. The highest BCUT2D eigenvalue weighted by molar-refractivity contribution is 14.1. The number of carbonyl (C=O) groups excluding carboxylic acids is 3. The van der Waals surface area contributed by atoms with Crippen LogP contribution in [0.15, 0.2) is 94.4 Å². The average Bonchev–Trinajstić information content (AvgIpc) is 2.98. The molecule has 212 valence electrons. The number of β-lactam (4-membered cyclic amide) rings is 1. The van der Waals surface area contributed by atoms with Crippen LogP contribution in [0.5, 0.6) is 5.75 Å². The van der Waals surface area contributed by atoms with Crippen LogP contribution < -0.4 is 10.1 Å². The Morgan fingerprint density at radius 2 is 1.68 bits per heavy atom. The summed E-state index contributed by atoms with van der Waals surface area (Å²) >= 11 is 3.10. The lowest BCUT2D eigenvalue weighted by Gasteiger charge is -2.49.